The van der Waals surface area contributed by atoms with Crippen LogP contribution in [0.2, 0.25) is 0 Å². The summed E-state index contributed by atoms with van der Waals surface area (Å²) in [5.41, 5.74) is 0.966. The molecule has 0 saturated carbocycles. The number of hydrogen-bond donors (Lipinski definition) is 1. The molecule has 1 saturated heterocycles. The van der Waals surface area contributed by atoms with E-state index in [0.717, 1.165) is 31.5 Å². The molecule has 0 radical (unpaired) electrons. The normalized spacial score (nSPS) is 14.7. The Morgan fingerprint density at radius 3 is 2.50 bits per heavy atom. The van der Waals surface area contributed by atoms with Crippen molar-refractivity contribution in [3.63, 3.8) is 0 Å². The fourth-order valence-corrected chi connectivity index (χ4v) is 2.18. The van der Waals surface area contributed by atoms with Gasteiger partial charge < -0.3 is 15.0 Å². The molecule has 1 aromatic carbocycles. The lowest BCUT2D eigenvalue weighted by Crippen LogP contribution is -2.38. The number of hydrogen-bond acceptors (Lipinski definition) is 2. The van der Waals surface area contributed by atoms with Gasteiger partial charge in [0.2, 0.25) is 0 Å². The van der Waals surface area contributed by atoms with Gasteiger partial charge in [-0.2, -0.15) is 8.78 Å². The summed E-state index contributed by atoms with van der Waals surface area (Å²) < 4.78 is 28.2. The van der Waals surface area contributed by atoms with Crippen molar-refractivity contribution in [2.45, 2.75) is 25.9 Å². The quantitative estimate of drug-likeness (QED) is 0.903. The number of rotatable bonds is 5. The van der Waals surface area contributed by atoms with E-state index in [1.807, 2.05) is 0 Å². The fourth-order valence-electron chi connectivity index (χ4n) is 2.18. The van der Waals surface area contributed by atoms with Crippen molar-refractivity contribution in [2.75, 3.05) is 19.6 Å². The van der Waals surface area contributed by atoms with E-state index in [2.05, 4.69) is 10.1 Å². The average Bonchev–Trinajstić information content (AvgIpc) is 2.94. The highest BCUT2D eigenvalue weighted by molar-refractivity contribution is 5.74. The first-order valence-corrected chi connectivity index (χ1v) is 6.71. The van der Waals surface area contributed by atoms with Crippen molar-refractivity contribution in [2.24, 2.45) is 0 Å². The van der Waals surface area contributed by atoms with Crippen LogP contribution < -0.4 is 10.1 Å². The molecule has 0 aliphatic carbocycles. The van der Waals surface area contributed by atoms with Crippen molar-refractivity contribution < 1.29 is 18.3 Å². The van der Waals surface area contributed by atoms with Crippen molar-refractivity contribution in [3.8, 4) is 5.75 Å². The predicted octanol–water partition coefficient (Wildman–Crippen LogP) is 2.64. The van der Waals surface area contributed by atoms with Crippen LogP contribution in [-0.2, 0) is 6.42 Å². The van der Waals surface area contributed by atoms with Crippen molar-refractivity contribution in [1.29, 1.82) is 0 Å². The molecule has 2 rings (SSSR count). The van der Waals surface area contributed by atoms with Crippen LogP contribution in [0.1, 0.15) is 18.4 Å². The van der Waals surface area contributed by atoms with E-state index in [4.69, 9.17) is 0 Å². The van der Waals surface area contributed by atoms with Crippen LogP contribution in [0.5, 0.6) is 5.75 Å². The number of carbonyl (C=O) groups excluding carboxylic acids is 1. The summed E-state index contributed by atoms with van der Waals surface area (Å²) in [7, 11) is 0. The zero-order valence-electron chi connectivity index (χ0n) is 11.1. The topological polar surface area (TPSA) is 41.6 Å². The molecule has 6 heteroatoms. The molecule has 20 heavy (non-hydrogen) atoms. The smallest absolute Gasteiger partial charge is 0.387 e. The Kier molecular flexibility index (Phi) is 5.15. The second-order valence-electron chi connectivity index (χ2n) is 4.70. The van der Waals surface area contributed by atoms with Crippen LogP contribution in [0, 0.1) is 0 Å². The molecule has 110 valence electrons. The highest BCUT2D eigenvalue weighted by Gasteiger charge is 2.16. The standard InChI is InChI=1S/C14H18F2N2O2/c15-13(16)20-12-5-3-11(4-6-12)7-8-17-14(19)18-9-1-2-10-18/h3-6,13H,1-2,7-10H2,(H,17,19). The molecule has 1 aromatic rings. The van der Waals surface area contributed by atoms with Gasteiger partial charge in [0.15, 0.2) is 0 Å². The molecule has 0 unspecified atom stereocenters. The number of amides is 2. The van der Waals surface area contributed by atoms with Gasteiger partial charge in [-0.3, -0.25) is 0 Å². The molecule has 1 heterocycles. The molecular weight excluding hydrogens is 266 g/mol. The van der Waals surface area contributed by atoms with E-state index in [9.17, 15) is 13.6 Å². The summed E-state index contributed by atoms with van der Waals surface area (Å²) in [5.74, 6) is 0.143. The van der Waals surface area contributed by atoms with Crippen molar-refractivity contribution in [1.82, 2.24) is 10.2 Å². The molecule has 1 aliphatic heterocycles. The lowest BCUT2D eigenvalue weighted by atomic mass is 10.1. The maximum atomic E-state index is 12.0. The lowest BCUT2D eigenvalue weighted by Gasteiger charge is -2.16. The number of benzene rings is 1. The van der Waals surface area contributed by atoms with Crippen LogP contribution in [0.3, 0.4) is 0 Å². The molecule has 0 bridgehead atoms. The molecule has 0 spiro atoms. The Morgan fingerprint density at radius 1 is 1.25 bits per heavy atom. The zero-order valence-corrected chi connectivity index (χ0v) is 11.1. The van der Waals surface area contributed by atoms with Gasteiger partial charge >= 0.3 is 12.6 Å². The van der Waals surface area contributed by atoms with E-state index in [-0.39, 0.29) is 11.8 Å². The summed E-state index contributed by atoms with van der Waals surface area (Å²) in [6, 6.07) is 6.42. The second-order valence-corrected chi connectivity index (χ2v) is 4.70. The number of alkyl halides is 2. The van der Waals surface area contributed by atoms with Gasteiger partial charge in [0.25, 0.3) is 0 Å². The second kappa shape index (κ2) is 7.07. The first kappa shape index (κ1) is 14.6. The lowest BCUT2D eigenvalue weighted by molar-refractivity contribution is -0.0498. The molecule has 1 N–H and O–H groups in total. The number of ether oxygens (including phenoxy) is 1. The summed E-state index contributed by atoms with van der Waals surface area (Å²) in [5, 5.41) is 2.86. The van der Waals surface area contributed by atoms with Gasteiger partial charge in [0, 0.05) is 19.6 Å². The SMILES string of the molecule is O=C(NCCc1ccc(OC(F)F)cc1)N1CCCC1. The van der Waals surface area contributed by atoms with Gasteiger partial charge in [0.1, 0.15) is 5.75 Å². The fraction of sp³-hybridized carbons (Fsp3) is 0.500. The Balaban J connectivity index is 1.72. The zero-order chi connectivity index (χ0) is 14.4. The molecular formula is C14H18F2N2O2. The third-order valence-corrected chi connectivity index (χ3v) is 3.23. The monoisotopic (exact) mass is 284 g/mol. The Morgan fingerprint density at radius 2 is 1.90 bits per heavy atom. The molecule has 4 nitrogen and oxygen atoms in total. The number of nitrogens with zero attached hydrogens (tertiary/aromatic N) is 1. The minimum absolute atomic E-state index is 0.0276. The minimum Gasteiger partial charge on any atom is -0.435 e. The van der Waals surface area contributed by atoms with Crippen LogP contribution >= 0.6 is 0 Å². The predicted molar refractivity (Wildman–Crippen MR) is 71.0 cm³/mol. The van der Waals surface area contributed by atoms with Gasteiger partial charge in [-0.25, -0.2) is 4.79 Å². The molecule has 1 aliphatic rings. The van der Waals surface area contributed by atoms with Crippen molar-refractivity contribution >= 4 is 6.03 Å². The minimum atomic E-state index is -2.81. The largest absolute Gasteiger partial charge is 0.435 e. The molecule has 2 amide bonds. The van der Waals surface area contributed by atoms with E-state index in [1.54, 1.807) is 17.0 Å². The Hall–Kier alpha value is -1.85. The number of halogens is 2. The van der Waals surface area contributed by atoms with Gasteiger partial charge in [-0.1, -0.05) is 12.1 Å². The maximum Gasteiger partial charge on any atom is 0.387 e. The highest BCUT2D eigenvalue weighted by Crippen LogP contribution is 2.15. The van der Waals surface area contributed by atoms with Crippen LogP contribution in [-0.4, -0.2) is 37.2 Å². The number of carbonyl (C=O) groups is 1. The van der Waals surface area contributed by atoms with Gasteiger partial charge in [0.05, 0.1) is 0 Å². The molecule has 0 aromatic heterocycles. The van der Waals surface area contributed by atoms with E-state index < -0.39 is 6.61 Å². The number of nitrogens with one attached hydrogen (secondary N) is 1. The van der Waals surface area contributed by atoms with Gasteiger partial charge in [-0.15, -0.1) is 0 Å². The number of likely N-dealkylation sites (tertiary alicyclic amines) is 1. The molecule has 0 atom stereocenters. The van der Waals surface area contributed by atoms with E-state index >= 15 is 0 Å². The molecule has 1 fully saturated rings. The van der Waals surface area contributed by atoms with Crippen LogP contribution in [0.4, 0.5) is 13.6 Å². The Labute approximate surface area is 116 Å². The van der Waals surface area contributed by atoms with Crippen LogP contribution in [0.25, 0.3) is 0 Å². The summed E-state index contributed by atoms with van der Waals surface area (Å²) in [4.78, 5) is 13.5. The highest BCUT2D eigenvalue weighted by atomic mass is 19.3. The van der Waals surface area contributed by atoms with Crippen molar-refractivity contribution in [3.05, 3.63) is 29.8 Å². The van der Waals surface area contributed by atoms with E-state index in [0.29, 0.717) is 13.0 Å². The van der Waals surface area contributed by atoms with E-state index in [1.165, 1.54) is 12.1 Å². The first-order chi connectivity index (χ1) is 9.65. The summed E-state index contributed by atoms with van der Waals surface area (Å²) >= 11 is 0. The average molecular weight is 284 g/mol. The summed E-state index contributed by atoms with van der Waals surface area (Å²) in [6.07, 6.45) is 2.80. The third-order valence-electron chi connectivity index (χ3n) is 3.23. The van der Waals surface area contributed by atoms with Gasteiger partial charge in [-0.05, 0) is 37.0 Å². The maximum absolute atomic E-state index is 12.0. The van der Waals surface area contributed by atoms with Crippen LogP contribution in [0.15, 0.2) is 24.3 Å². The number of urea groups is 1. The Bertz CT molecular complexity index is 431. The first-order valence-electron chi connectivity index (χ1n) is 6.71. The third kappa shape index (κ3) is 4.36. The summed E-state index contributed by atoms with van der Waals surface area (Å²) in [6.45, 7) is -0.623.